The van der Waals surface area contributed by atoms with Crippen molar-refractivity contribution in [2.24, 2.45) is 5.92 Å². The molecule has 0 aromatic carbocycles. The molecule has 60 valence electrons. The zero-order chi connectivity index (χ0) is 7.61. The summed E-state index contributed by atoms with van der Waals surface area (Å²) in [5.74, 6) is 0.755. The summed E-state index contributed by atoms with van der Waals surface area (Å²) >= 11 is 1.89. The van der Waals surface area contributed by atoms with E-state index in [4.69, 9.17) is 0 Å². The fourth-order valence-electron chi connectivity index (χ4n) is 0.566. The summed E-state index contributed by atoms with van der Waals surface area (Å²) in [7, 11) is 3.85. The molecule has 1 rings (SSSR count). The van der Waals surface area contributed by atoms with Gasteiger partial charge in [-0.25, -0.2) is 0 Å². The molecule has 4 heteroatoms. The van der Waals surface area contributed by atoms with Crippen molar-refractivity contribution >= 4 is 33.3 Å². The van der Waals surface area contributed by atoms with Crippen molar-refractivity contribution in [1.82, 2.24) is 5.32 Å². The van der Waals surface area contributed by atoms with Gasteiger partial charge in [0.25, 0.3) is 0 Å². The minimum Gasteiger partial charge on any atom is -0.284 e. The van der Waals surface area contributed by atoms with E-state index in [0.29, 0.717) is 3.54 Å². The fraction of sp³-hybridized carbons (Fsp3) is 1.00. The van der Waals surface area contributed by atoms with Gasteiger partial charge in [-0.05, 0) is 33.8 Å². The molecule has 0 spiro atoms. The van der Waals surface area contributed by atoms with Gasteiger partial charge in [0.2, 0.25) is 0 Å². The summed E-state index contributed by atoms with van der Waals surface area (Å²) < 4.78 is 0.324. The van der Waals surface area contributed by atoms with E-state index in [-0.39, 0.29) is 0 Å². The number of rotatable bonds is 4. The smallest absolute Gasteiger partial charge is 0.179 e. The van der Waals surface area contributed by atoms with Gasteiger partial charge in [0.15, 0.2) is 3.54 Å². The summed E-state index contributed by atoms with van der Waals surface area (Å²) in [6, 6.07) is 0. The Morgan fingerprint density at radius 3 is 2.40 bits per heavy atom. The van der Waals surface area contributed by atoms with Crippen molar-refractivity contribution in [3.05, 3.63) is 0 Å². The Kier molecular flexibility index (Phi) is 3.28. The molecule has 0 aliphatic carbocycles. The maximum Gasteiger partial charge on any atom is 0.179 e. The molecule has 1 heterocycles. The predicted octanol–water partition coefficient (Wildman–Crippen LogP) is 2.60. The minimum absolute atomic E-state index is 0.324. The van der Waals surface area contributed by atoms with Crippen LogP contribution < -0.4 is 5.32 Å². The molecule has 1 aliphatic rings. The summed E-state index contributed by atoms with van der Waals surface area (Å²) in [6.07, 6.45) is 2.15. The molecule has 0 aromatic rings. The molecule has 1 aliphatic heterocycles. The van der Waals surface area contributed by atoms with Crippen molar-refractivity contribution in [2.75, 3.05) is 12.8 Å². The van der Waals surface area contributed by atoms with Crippen molar-refractivity contribution < 1.29 is 0 Å². The van der Waals surface area contributed by atoms with Gasteiger partial charge >= 0.3 is 0 Å². The van der Waals surface area contributed by atoms with E-state index in [1.54, 1.807) is 0 Å². The summed E-state index contributed by atoms with van der Waals surface area (Å²) in [6.45, 7) is 5.60. The monoisotopic (exact) mass is 195 g/mol. The molecule has 10 heavy (non-hydrogen) atoms. The van der Waals surface area contributed by atoms with Crippen LogP contribution in [0.3, 0.4) is 0 Å². The van der Waals surface area contributed by atoms with Gasteiger partial charge < -0.3 is 0 Å². The third-order valence-corrected chi connectivity index (χ3v) is 6.30. The second-order valence-corrected chi connectivity index (χ2v) is 7.06. The van der Waals surface area contributed by atoms with E-state index < -0.39 is 0 Å². The highest BCUT2D eigenvalue weighted by Crippen LogP contribution is 2.68. The first-order valence-electron chi connectivity index (χ1n) is 3.35. The van der Waals surface area contributed by atoms with Gasteiger partial charge in [0, 0.05) is 6.54 Å². The summed E-state index contributed by atoms with van der Waals surface area (Å²) in [4.78, 5) is 0. The molecule has 0 bridgehead atoms. The largest absolute Gasteiger partial charge is 0.284 e. The quantitative estimate of drug-likeness (QED) is 0.420. The Labute approximate surface area is 74.9 Å². The first kappa shape index (κ1) is 9.10. The number of hydrogen-bond donors (Lipinski definition) is 1. The standard InChI is InChI=1S/C6H13NS3/c1-5(2)4-7-6(8-3)9-10-6/h5,7H,4H2,1-3H3. The highest BCUT2D eigenvalue weighted by molar-refractivity contribution is 8.97. The normalized spacial score (nSPS) is 21.6. The van der Waals surface area contributed by atoms with Crippen LogP contribution in [0.2, 0.25) is 0 Å². The van der Waals surface area contributed by atoms with Crippen LogP contribution >= 0.6 is 33.3 Å². The Morgan fingerprint density at radius 1 is 1.50 bits per heavy atom. The second kappa shape index (κ2) is 3.61. The number of hydrogen-bond acceptors (Lipinski definition) is 4. The van der Waals surface area contributed by atoms with Crippen molar-refractivity contribution in [3.8, 4) is 0 Å². The van der Waals surface area contributed by atoms with Gasteiger partial charge in [-0.3, -0.25) is 5.32 Å². The highest BCUT2D eigenvalue weighted by Gasteiger charge is 2.45. The molecular formula is C6H13NS3. The van der Waals surface area contributed by atoms with E-state index in [1.807, 2.05) is 33.3 Å². The van der Waals surface area contributed by atoms with Crippen molar-refractivity contribution in [1.29, 1.82) is 0 Å². The summed E-state index contributed by atoms with van der Waals surface area (Å²) in [5, 5.41) is 3.51. The van der Waals surface area contributed by atoms with E-state index >= 15 is 0 Å². The van der Waals surface area contributed by atoms with E-state index in [9.17, 15) is 0 Å². The Bertz CT molecular complexity index is 112. The van der Waals surface area contributed by atoms with Crippen molar-refractivity contribution in [2.45, 2.75) is 17.4 Å². The van der Waals surface area contributed by atoms with Crippen LogP contribution in [-0.2, 0) is 0 Å². The molecule has 0 aromatic heterocycles. The topological polar surface area (TPSA) is 12.0 Å². The maximum atomic E-state index is 3.51. The molecule has 0 radical (unpaired) electrons. The lowest BCUT2D eigenvalue weighted by atomic mass is 10.2. The minimum atomic E-state index is 0.324. The molecule has 0 unspecified atom stereocenters. The van der Waals surface area contributed by atoms with Gasteiger partial charge in [-0.1, -0.05) is 13.8 Å². The molecule has 0 amide bonds. The highest BCUT2D eigenvalue weighted by atomic mass is 33.2. The van der Waals surface area contributed by atoms with Crippen LogP contribution in [0, 0.1) is 5.92 Å². The summed E-state index contributed by atoms with van der Waals surface area (Å²) in [5.41, 5.74) is 0. The van der Waals surface area contributed by atoms with Crippen LogP contribution in [0.15, 0.2) is 0 Å². The lowest BCUT2D eigenvalue weighted by Gasteiger charge is -2.12. The lowest BCUT2D eigenvalue weighted by Crippen LogP contribution is -2.28. The van der Waals surface area contributed by atoms with Gasteiger partial charge in [0.05, 0.1) is 0 Å². The average Bonchev–Trinajstić information content (AvgIpc) is 2.64. The molecule has 0 saturated carbocycles. The Balaban J connectivity index is 2.13. The van der Waals surface area contributed by atoms with Gasteiger partial charge in [-0.2, -0.15) is 0 Å². The number of thioether (sulfide) groups is 1. The molecule has 1 nitrogen and oxygen atoms in total. The zero-order valence-electron chi connectivity index (χ0n) is 6.51. The maximum absolute atomic E-state index is 3.51. The third-order valence-electron chi connectivity index (χ3n) is 1.23. The van der Waals surface area contributed by atoms with Gasteiger partial charge in [0.1, 0.15) is 0 Å². The molecule has 1 N–H and O–H groups in total. The van der Waals surface area contributed by atoms with Gasteiger partial charge in [-0.15, -0.1) is 11.8 Å². The van der Waals surface area contributed by atoms with Crippen LogP contribution in [0.4, 0.5) is 0 Å². The Hall–Kier alpha value is 1.01. The first-order valence-corrected chi connectivity index (χ1v) is 6.73. The fourth-order valence-corrected chi connectivity index (χ4v) is 3.81. The predicted molar refractivity (Wildman–Crippen MR) is 54.3 cm³/mol. The third kappa shape index (κ3) is 2.57. The van der Waals surface area contributed by atoms with E-state index in [0.717, 1.165) is 12.5 Å². The molecule has 0 atom stereocenters. The molecular weight excluding hydrogens is 182 g/mol. The number of nitrogens with one attached hydrogen (secondary N) is 1. The SMILES string of the molecule is CSC1(NCC(C)C)SS1. The average molecular weight is 195 g/mol. The van der Waals surface area contributed by atoms with E-state index in [1.165, 1.54) is 0 Å². The van der Waals surface area contributed by atoms with Crippen molar-refractivity contribution in [3.63, 3.8) is 0 Å². The van der Waals surface area contributed by atoms with E-state index in [2.05, 4.69) is 25.4 Å². The first-order chi connectivity index (χ1) is 4.68. The lowest BCUT2D eigenvalue weighted by molar-refractivity contribution is 0.573. The second-order valence-electron chi connectivity index (χ2n) is 2.70. The van der Waals surface area contributed by atoms with Crippen LogP contribution in [0.5, 0.6) is 0 Å². The van der Waals surface area contributed by atoms with Crippen LogP contribution in [-0.4, -0.2) is 16.3 Å². The zero-order valence-corrected chi connectivity index (χ0v) is 8.96. The molecule has 1 saturated heterocycles. The van der Waals surface area contributed by atoms with Crippen LogP contribution in [0.25, 0.3) is 0 Å². The molecule has 1 fully saturated rings. The Morgan fingerprint density at radius 2 is 2.10 bits per heavy atom. The van der Waals surface area contributed by atoms with Crippen LogP contribution in [0.1, 0.15) is 13.8 Å².